The van der Waals surface area contributed by atoms with Crippen LogP contribution in [0, 0.1) is 6.92 Å². The molecule has 0 saturated carbocycles. The molecule has 0 bridgehead atoms. The molecule has 1 heterocycles. The van der Waals surface area contributed by atoms with Crippen LogP contribution in [0.2, 0.25) is 5.02 Å². The van der Waals surface area contributed by atoms with Crippen molar-refractivity contribution in [2.75, 3.05) is 13.7 Å². The lowest BCUT2D eigenvalue weighted by Crippen LogP contribution is -2.31. The van der Waals surface area contributed by atoms with E-state index in [1.165, 1.54) is 7.11 Å². The van der Waals surface area contributed by atoms with E-state index in [0.29, 0.717) is 12.3 Å². The highest BCUT2D eigenvalue weighted by molar-refractivity contribution is 6.47. The number of unbranched alkanes of at least 4 members (excludes halogenated alkanes) is 2. The minimum atomic E-state index is -0.698. The monoisotopic (exact) mass is 427 g/mol. The number of ketones is 1. The Hall–Kier alpha value is -2.79. The molecule has 0 aliphatic carbocycles. The number of carbonyl (C=O) groups excluding carboxylic acids is 2. The van der Waals surface area contributed by atoms with Crippen molar-refractivity contribution in [3.8, 4) is 5.75 Å². The summed E-state index contributed by atoms with van der Waals surface area (Å²) in [4.78, 5) is 27.5. The summed E-state index contributed by atoms with van der Waals surface area (Å²) < 4.78 is 5.23. The average Bonchev–Trinajstić information content (AvgIpc) is 2.99. The minimum Gasteiger partial charge on any atom is -0.507 e. The van der Waals surface area contributed by atoms with Crippen molar-refractivity contribution in [2.45, 2.75) is 39.2 Å². The highest BCUT2D eigenvalue weighted by Gasteiger charge is 2.46. The van der Waals surface area contributed by atoms with Gasteiger partial charge in [-0.05, 0) is 42.7 Å². The normalized spacial score (nSPS) is 18.1. The molecule has 1 amide bonds. The summed E-state index contributed by atoms with van der Waals surface area (Å²) in [6.45, 7) is 4.46. The van der Waals surface area contributed by atoms with Crippen LogP contribution in [0.15, 0.2) is 48.0 Å². The molecule has 5 nitrogen and oxygen atoms in total. The maximum atomic E-state index is 13.0. The van der Waals surface area contributed by atoms with Crippen LogP contribution in [-0.2, 0) is 9.59 Å². The average molecular weight is 428 g/mol. The van der Waals surface area contributed by atoms with E-state index >= 15 is 0 Å². The van der Waals surface area contributed by atoms with Gasteiger partial charge in [0.1, 0.15) is 11.5 Å². The van der Waals surface area contributed by atoms with E-state index in [2.05, 4.69) is 6.92 Å². The molecule has 1 aliphatic heterocycles. The smallest absolute Gasteiger partial charge is 0.295 e. The highest BCUT2D eigenvalue weighted by Crippen LogP contribution is 2.42. The van der Waals surface area contributed by atoms with Crippen LogP contribution in [0.5, 0.6) is 5.75 Å². The van der Waals surface area contributed by atoms with Crippen LogP contribution in [0.25, 0.3) is 5.76 Å². The number of hydrogen-bond acceptors (Lipinski definition) is 4. The van der Waals surface area contributed by atoms with Gasteiger partial charge in [-0.3, -0.25) is 9.59 Å². The molecule has 1 unspecified atom stereocenters. The van der Waals surface area contributed by atoms with Gasteiger partial charge in [-0.1, -0.05) is 55.6 Å². The summed E-state index contributed by atoms with van der Waals surface area (Å²) in [5.74, 6) is -1.09. The second-order valence-electron chi connectivity index (χ2n) is 7.40. The maximum Gasteiger partial charge on any atom is 0.295 e. The number of carbonyl (C=O) groups is 2. The first-order chi connectivity index (χ1) is 14.4. The molecule has 1 aliphatic rings. The first kappa shape index (κ1) is 21.9. The van der Waals surface area contributed by atoms with Crippen LogP contribution >= 0.6 is 11.6 Å². The third kappa shape index (κ3) is 4.08. The van der Waals surface area contributed by atoms with E-state index in [1.54, 1.807) is 23.1 Å². The van der Waals surface area contributed by atoms with E-state index in [-0.39, 0.29) is 21.9 Å². The molecule has 2 aromatic carbocycles. The predicted octanol–water partition coefficient (Wildman–Crippen LogP) is 5.27. The fraction of sp³-hybridized carbons (Fsp3) is 0.333. The number of rotatable bonds is 7. The number of likely N-dealkylation sites (tertiary alicyclic amines) is 1. The van der Waals surface area contributed by atoms with Crippen LogP contribution < -0.4 is 4.74 Å². The van der Waals surface area contributed by atoms with Crippen molar-refractivity contribution in [1.29, 1.82) is 0 Å². The predicted molar refractivity (Wildman–Crippen MR) is 118 cm³/mol. The molecule has 0 spiro atoms. The third-order valence-corrected chi connectivity index (χ3v) is 5.78. The lowest BCUT2D eigenvalue weighted by Gasteiger charge is -2.26. The van der Waals surface area contributed by atoms with Crippen molar-refractivity contribution in [2.24, 2.45) is 0 Å². The van der Waals surface area contributed by atoms with Crippen molar-refractivity contribution in [1.82, 2.24) is 4.90 Å². The number of Topliss-reactive ketones (excluding diaryl/α,β-unsaturated/α-hetero) is 1. The number of hydrogen-bond donors (Lipinski definition) is 1. The van der Waals surface area contributed by atoms with Gasteiger partial charge in [0.15, 0.2) is 0 Å². The summed E-state index contributed by atoms with van der Waals surface area (Å²) in [5, 5.41) is 11.4. The fourth-order valence-corrected chi connectivity index (χ4v) is 4.02. The zero-order valence-corrected chi connectivity index (χ0v) is 18.2. The van der Waals surface area contributed by atoms with Crippen LogP contribution in [0.4, 0.5) is 0 Å². The minimum absolute atomic E-state index is 0.0564. The Morgan fingerprint density at radius 2 is 1.90 bits per heavy atom. The Morgan fingerprint density at radius 3 is 2.57 bits per heavy atom. The van der Waals surface area contributed by atoms with Crippen molar-refractivity contribution >= 4 is 29.1 Å². The number of aryl methyl sites for hydroxylation is 1. The summed E-state index contributed by atoms with van der Waals surface area (Å²) in [6, 6.07) is 11.8. The van der Waals surface area contributed by atoms with Crippen molar-refractivity contribution in [3.05, 3.63) is 69.8 Å². The molecular formula is C24H26ClNO4. The summed E-state index contributed by atoms with van der Waals surface area (Å²) in [5.41, 5.74) is 2.07. The Kier molecular flexibility index (Phi) is 6.83. The fourth-order valence-electron chi connectivity index (χ4n) is 3.82. The van der Waals surface area contributed by atoms with Gasteiger partial charge in [0, 0.05) is 12.1 Å². The van der Waals surface area contributed by atoms with Crippen LogP contribution in [-0.4, -0.2) is 35.4 Å². The zero-order chi connectivity index (χ0) is 21.8. The number of aliphatic hydroxyl groups is 1. The summed E-state index contributed by atoms with van der Waals surface area (Å²) in [7, 11) is 1.51. The summed E-state index contributed by atoms with van der Waals surface area (Å²) >= 11 is 6.31. The SMILES string of the molecule is CCCCCN1C(=O)C(=O)/C(=C(/O)c2cc(OC)ccc2Cl)C1c1ccccc1C. The zero-order valence-electron chi connectivity index (χ0n) is 17.4. The van der Waals surface area contributed by atoms with Gasteiger partial charge in [-0.2, -0.15) is 0 Å². The van der Waals surface area contributed by atoms with Crippen molar-refractivity contribution in [3.63, 3.8) is 0 Å². The number of ether oxygens (including phenoxy) is 1. The van der Waals surface area contributed by atoms with Gasteiger partial charge in [0.2, 0.25) is 0 Å². The van der Waals surface area contributed by atoms with E-state index in [1.807, 2.05) is 31.2 Å². The number of halogens is 1. The molecule has 0 radical (unpaired) electrons. The van der Waals surface area contributed by atoms with E-state index in [9.17, 15) is 14.7 Å². The van der Waals surface area contributed by atoms with Crippen molar-refractivity contribution < 1.29 is 19.4 Å². The Bertz CT molecular complexity index is 998. The maximum absolute atomic E-state index is 13.0. The van der Waals surface area contributed by atoms with Gasteiger partial charge in [0.25, 0.3) is 11.7 Å². The number of aliphatic hydroxyl groups excluding tert-OH is 1. The largest absolute Gasteiger partial charge is 0.507 e. The van der Waals surface area contributed by atoms with Gasteiger partial charge in [-0.25, -0.2) is 0 Å². The van der Waals surface area contributed by atoms with Gasteiger partial charge in [-0.15, -0.1) is 0 Å². The lowest BCUT2D eigenvalue weighted by molar-refractivity contribution is -0.139. The first-order valence-corrected chi connectivity index (χ1v) is 10.5. The van der Waals surface area contributed by atoms with E-state index in [4.69, 9.17) is 16.3 Å². The lowest BCUT2D eigenvalue weighted by atomic mass is 9.92. The quantitative estimate of drug-likeness (QED) is 0.283. The number of amides is 1. The number of nitrogens with zero attached hydrogens (tertiary/aromatic N) is 1. The topological polar surface area (TPSA) is 66.8 Å². The first-order valence-electron chi connectivity index (χ1n) is 10.1. The molecule has 0 aromatic heterocycles. The molecular weight excluding hydrogens is 402 g/mol. The number of benzene rings is 2. The molecule has 3 rings (SSSR count). The molecule has 1 saturated heterocycles. The van der Waals surface area contributed by atoms with E-state index < -0.39 is 17.7 Å². The van der Waals surface area contributed by atoms with E-state index in [0.717, 1.165) is 30.4 Å². The molecule has 6 heteroatoms. The molecule has 1 fully saturated rings. The van der Waals surface area contributed by atoms with Gasteiger partial charge < -0.3 is 14.7 Å². The highest BCUT2D eigenvalue weighted by atomic mass is 35.5. The second-order valence-corrected chi connectivity index (χ2v) is 7.81. The molecule has 158 valence electrons. The number of methoxy groups -OCH3 is 1. The Morgan fingerprint density at radius 1 is 1.17 bits per heavy atom. The summed E-state index contributed by atoms with van der Waals surface area (Å²) in [6.07, 6.45) is 2.73. The standard InChI is InChI=1S/C24H26ClNO4/c1-4-5-8-13-26-21(17-10-7-6-9-15(17)2)20(23(28)24(26)29)22(27)18-14-16(30-3)11-12-19(18)25/h6-7,9-12,14,21,27H,4-5,8,13H2,1-3H3/b22-20+. The molecule has 30 heavy (non-hydrogen) atoms. The Balaban J connectivity index is 2.19. The van der Waals surface area contributed by atoms with Crippen LogP contribution in [0.3, 0.4) is 0 Å². The van der Waals surface area contributed by atoms with Gasteiger partial charge >= 0.3 is 0 Å². The molecule has 1 N–H and O–H groups in total. The van der Waals surface area contributed by atoms with Crippen LogP contribution in [0.1, 0.15) is 48.9 Å². The Labute approximate surface area is 181 Å². The third-order valence-electron chi connectivity index (χ3n) is 5.45. The van der Waals surface area contributed by atoms with Gasteiger partial charge in [0.05, 0.1) is 23.7 Å². The molecule has 2 aromatic rings. The molecule has 1 atom stereocenters. The second kappa shape index (κ2) is 9.35.